The fraction of sp³-hybridized carbons (Fsp3) is 0.143. The molecule has 0 saturated heterocycles. The highest BCUT2D eigenvalue weighted by atomic mass is 35.5. The van der Waals surface area contributed by atoms with Crippen molar-refractivity contribution < 1.29 is 24.2 Å². The van der Waals surface area contributed by atoms with Crippen molar-refractivity contribution >= 4 is 29.3 Å². The molecule has 0 bridgehead atoms. The number of nitrogens with one attached hydrogen (secondary N) is 1. The second-order valence-electron chi connectivity index (χ2n) is 6.18. The van der Waals surface area contributed by atoms with Gasteiger partial charge in [-0.2, -0.15) is 0 Å². The summed E-state index contributed by atoms with van der Waals surface area (Å²) in [7, 11) is 1.48. The molecule has 4 N–H and O–H groups in total. The van der Waals surface area contributed by atoms with Crippen LogP contribution in [0.4, 0.5) is 10.5 Å². The second-order valence-corrected chi connectivity index (χ2v) is 6.57. The Bertz CT molecular complexity index is 1090. The summed E-state index contributed by atoms with van der Waals surface area (Å²) in [6, 6.07) is 12.7. The predicted octanol–water partition coefficient (Wildman–Crippen LogP) is 4.18. The van der Waals surface area contributed by atoms with Gasteiger partial charge < -0.3 is 25.6 Å². The molecule has 2 aromatic carbocycles. The number of halogens is 1. The standard InChI is InChI=1S/C21H20ClN3O5/c1-3-30-20(27)18-15(24-21(23)28)11-17(22)25(18)13-9-7-12(8-10-13)14-5-4-6-16(29-2)19(14)26/h4-11,26H,3H2,1-2H3,(H3,23,24,28). The number of para-hydroxylation sites is 1. The van der Waals surface area contributed by atoms with Gasteiger partial charge in [0.2, 0.25) is 0 Å². The average Bonchev–Trinajstić information content (AvgIpc) is 3.03. The van der Waals surface area contributed by atoms with Crippen LogP contribution >= 0.6 is 11.6 Å². The number of phenolic OH excluding ortho intramolecular Hbond substituents is 1. The van der Waals surface area contributed by atoms with E-state index in [4.69, 9.17) is 26.8 Å². The van der Waals surface area contributed by atoms with Gasteiger partial charge in [0.1, 0.15) is 5.15 Å². The Kier molecular flexibility index (Phi) is 6.17. The molecule has 0 atom stereocenters. The first-order valence-corrected chi connectivity index (χ1v) is 9.36. The number of nitrogens with zero attached hydrogens (tertiary/aromatic N) is 1. The van der Waals surface area contributed by atoms with E-state index in [2.05, 4.69) is 5.32 Å². The van der Waals surface area contributed by atoms with E-state index in [1.165, 1.54) is 17.7 Å². The third-order valence-corrected chi connectivity index (χ3v) is 4.62. The Morgan fingerprint density at radius 3 is 2.50 bits per heavy atom. The lowest BCUT2D eigenvalue weighted by Crippen LogP contribution is -2.22. The Morgan fingerprint density at radius 2 is 1.90 bits per heavy atom. The number of methoxy groups -OCH3 is 1. The van der Waals surface area contributed by atoms with E-state index >= 15 is 0 Å². The summed E-state index contributed by atoms with van der Waals surface area (Å²) in [4.78, 5) is 23.8. The quantitative estimate of drug-likeness (QED) is 0.508. The summed E-state index contributed by atoms with van der Waals surface area (Å²) < 4.78 is 11.7. The molecule has 0 spiro atoms. The highest BCUT2D eigenvalue weighted by Gasteiger charge is 2.24. The van der Waals surface area contributed by atoms with Crippen LogP contribution in [-0.2, 0) is 4.74 Å². The van der Waals surface area contributed by atoms with Gasteiger partial charge in [-0.3, -0.25) is 4.57 Å². The number of aromatic hydroxyl groups is 1. The zero-order chi connectivity index (χ0) is 21.8. The number of phenols is 1. The van der Waals surface area contributed by atoms with Crippen molar-refractivity contribution in [3.8, 4) is 28.3 Å². The van der Waals surface area contributed by atoms with Gasteiger partial charge in [-0.1, -0.05) is 35.9 Å². The first kappa shape index (κ1) is 21.1. The van der Waals surface area contributed by atoms with E-state index in [-0.39, 0.29) is 28.9 Å². The molecule has 0 aliphatic rings. The van der Waals surface area contributed by atoms with E-state index in [9.17, 15) is 14.7 Å². The van der Waals surface area contributed by atoms with Crippen LogP contribution in [-0.4, -0.2) is 35.4 Å². The Labute approximate surface area is 177 Å². The minimum Gasteiger partial charge on any atom is -0.504 e. The van der Waals surface area contributed by atoms with Crippen LogP contribution in [0.5, 0.6) is 11.5 Å². The third-order valence-electron chi connectivity index (χ3n) is 4.34. The van der Waals surface area contributed by atoms with Crippen LogP contribution in [0.2, 0.25) is 5.15 Å². The Morgan fingerprint density at radius 1 is 1.20 bits per heavy atom. The summed E-state index contributed by atoms with van der Waals surface area (Å²) in [5, 5.41) is 12.9. The number of hydrogen-bond donors (Lipinski definition) is 3. The highest BCUT2D eigenvalue weighted by molar-refractivity contribution is 6.31. The number of benzene rings is 2. The Hall–Kier alpha value is -3.65. The number of esters is 1. The van der Waals surface area contributed by atoms with Crippen molar-refractivity contribution in [2.45, 2.75) is 6.92 Å². The van der Waals surface area contributed by atoms with Crippen molar-refractivity contribution in [3.05, 3.63) is 59.4 Å². The summed E-state index contributed by atoms with van der Waals surface area (Å²) in [5.74, 6) is -0.286. The number of carbonyl (C=O) groups excluding carboxylic acids is 2. The fourth-order valence-electron chi connectivity index (χ4n) is 3.07. The van der Waals surface area contributed by atoms with Crippen LogP contribution in [0.15, 0.2) is 48.5 Å². The maximum Gasteiger partial charge on any atom is 0.357 e. The lowest BCUT2D eigenvalue weighted by Gasteiger charge is -2.13. The summed E-state index contributed by atoms with van der Waals surface area (Å²) >= 11 is 6.34. The van der Waals surface area contributed by atoms with Gasteiger partial charge in [-0.25, -0.2) is 9.59 Å². The largest absolute Gasteiger partial charge is 0.504 e. The number of rotatable bonds is 6. The molecular formula is C21H20ClN3O5. The predicted molar refractivity (Wildman–Crippen MR) is 114 cm³/mol. The highest BCUT2D eigenvalue weighted by Crippen LogP contribution is 2.37. The molecular weight excluding hydrogens is 410 g/mol. The molecule has 30 heavy (non-hydrogen) atoms. The molecule has 1 heterocycles. The first-order valence-electron chi connectivity index (χ1n) is 8.99. The molecule has 0 aliphatic carbocycles. The van der Waals surface area contributed by atoms with Gasteiger partial charge in [-0.05, 0) is 30.7 Å². The van der Waals surface area contributed by atoms with Gasteiger partial charge in [0.05, 0.1) is 19.4 Å². The third kappa shape index (κ3) is 4.04. The molecule has 0 saturated carbocycles. The number of urea groups is 1. The monoisotopic (exact) mass is 429 g/mol. The van der Waals surface area contributed by atoms with E-state index in [1.54, 1.807) is 49.4 Å². The first-order chi connectivity index (χ1) is 14.4. The summed E-state index contributed by atoms with van der Waals surface area (Å²) in [5.41, 5.74) is 7.24. The minimum absolute atomic E-state index is 0.0203. The topological polar surface area (TPSA) is 116 Å². The lowest BCUT2D eigenvalue weighted by molar-refractivity contribution is 0.0518. The average molecular weight is 430 g/mol. The van der Waals surface area contributed by atoms with Crippen LogP contribution < -0.4 is 15.8 Å². The van der Waals surface area contributed by atoms with Crippen LogP contribution in [0.1, 0.15) is 17.4 Å². The van der Waals surface area contributed by atoms with Crippen molar-refractivity contribution in [1.29, 1.82) is 0 Å². The SMILES string of the molecule is CCOC(=O)c1c(NC(N)=O)cc(Cl)n1-c1ccc(-c2cccc(OC)c2O)cc1. The van der Waals surface area contributed by atoms with E-state index in [1.807, 2.05) is 0 Å². The number of amides is 2. The van der Waals surface area contributed by atoms with Gasteiger partial charge in [0, 0.05) is 17.3 Å². The zero-order valence-corrected chi connectivity index (χ0v) is 17.1. The van der Waals surface area contributed by atoms with Crippen molar-refractivity contribution in [2.75, 3.05) is 19.0 Å². The second kappa shape index (κ2) is 8.79. The van der Waals surface area contributed by atoms with Gasteiger partial charge in [0.25, 0.3) is 0 Å². The smallest absolute Gasteiger partial charge is 0.357 e. The molecule has 1 aromatic heterocycles. The molecule has 0 aliphatic heterocycles. The molecule has 3 rings (SSSR count). The molecule has 8 nitrogen and oxygen atoms in total. The van der Waals surface area contributed by atoms with Crippen LogP contribution in [0.3, 0.4) is 0 Å². The van der Waals surface area contributed by atoms with Crippen LogP contribution in [0.25, 0.3) is 16.8 Å². The number of hydrogen-bond acceptors (Lipinski definition) is 5. The Balaban J connectivity index is 2.07. The summed E-state index contributed by atoms with van der Waals surface area (Å²) in [6.45, 7) is 1.81. The number of carbonyl (C=O) groups is 2. The maximum absolute atomic E-state index is 12.5. The number of ether oxygens (including phenoxy) is 2. The molecule has 3 aromatic rings. The number of nitrogens with two attached hydrogens (primary N) is 1. The van der Waals surface area contributed by atoms with E-state index < -0.39 is 12.0 Å². The molecule has 9 heteroatoms. The van der Waals surface area contributed by atoms with E-state index in [0.29, 0.717) is 17.0 Å². The maximum atomic E-state index is 12.5. The van der Waals surface area contributed by atoms with Crippen molar-refractivity contribution in [1.82, 2.24) is 4.57 Å². The molecule has 0 unspecified atom stereocenters. The molecule has 0 radical (unpaired) electrons. The molecule has 156 valence electrons. The molecule has 0 fully saturated rings. The van der Waals surface area contributed by atoms with Gasteiger partial charge in [-0.15, -0.1) is 0 Å². The minimum atomic E-state index is -0.835. The van der Waals surface area contributed by atoms with E-state index in [0.717, 1.165) is 5.56 Å². The normalized spacial score (nSPS) is 10.5. The lowest BCUT2D eigenvalue weighted by atomic mass is 10.0. The van der Waals surface area contributed by atoms with Crippen molar-refractivity contribution in [2.24, 2.45) is 5.73 Å². The van der Waals surface area contributed by atoms with Crippen LogP contribution in [0, 0.1) is 0 Å². The van der Waals surface area contributed by atoms with Crippen molar-refractivity contribution in [3.63, 3.8) is 0 Å². The fourth-order valence-corrected chi connectivity index (χ4v) is 3.36. The number of aromatic nitrogens is 1. The van der Waals surface area contributed by atoms with Gasteiger partial charge in [0.15, 0.2) is 17.2 Å². The summed E-state index contributed by atoms with van der Waals surface area (Å²) in [6.07, 6.45) is 0. The van der Waals surface area contributed by atoms with Gasteiger partial charge >= 0.3 is 12.0 Å². The number of primary amides is 1. The number of anilines is 1. The molecule has 2 amide bonds. The zero-order valence-electron chi connectivity index (χ0n) is 16.3.